The minimum Gasteiger partial charge on any atom is -0.497 e. The van der Waals surface area contributed by atoms with E-state index in [0.29, 0.717) is 18.6 Å². The number of hydrogen-bond acceptors (Lipinski definition) is 5. The first-order valence-electron chi connectivity index (χ1n) is 9.06. The number of fused-ring (bicyclic) bond motifs is 1. The third kappa shape index (κ3) is 4.11. The molecule has 2 aromatic carbocycles. The highest BCUT2D eigenvalue weighted by molar-refractivity contribution is 5.96. The van der Waals surface area contributed by atoms with E-state index in [1.165, 1.54) is 0 Å². The van der Waals surface area contributed by atoms with Crippen molar-refractivity contribution in [3.63, 3.8) is 0 Å². The molecule has 2 heterocycles. The zero-order valence-electron chi connectivity index (χ0n) is 15.1. The first kappa shape index (κ1) is 17.9. The van der Waals surface area contributed by atoms with Gasteiger partial charge in [0.05, 0.1) is 19.8 Å². The van der Waals surface area contributed by atoms with Crippen molar-refractivity contribution in [3.05, 3.63) is 77.9 Å². The molecule has 0 saturated carbocycles. The molecule has 5 heteroatoms. The summed E-state index contributed by atoms with van der Waals surface area (Å²) in [5.41, 5.74) is 1.64. The van der Waals surface area contributed by atoms with E-state index in [4.69, 9.17) is 18.9 Å². The molecule has 0 N–H and O–H groups in total. The van der Waals surface area contributed by atoms with Crippen LogP contribution < -0.4 is 4.74 Å². The van der Waals surface area contributed by atoms with Crippen molar-refractivity contribution < 1.29 is 23.7 Å². The van der Waals surface area contributed by atoms with Crippen molar-refractivity contribution in [2.24, 2.45) is 0 Å². The van der Waals surface area contributed by atoms with Crippen LogP contribution in [0.15, 0.2) is 66.7 Å². The molecule has 4 rings (SSSR count). The summed E-state index contributed by atoms with van der Waals surface area (Å²) in [6.45, 7) is 0.418. The number of ketones is 1. The molecular weight excluding hydrogens is 344 g/mol. The topological polar surface area (TPSA) is 54.0 Å². The van der Waals surface area contributed by atoms with Gasteiger partial charge in [-0.3, -0.25) is 4.79 Å². The second kappa shape index (κ2) is 8.05. The molecule has 0 aromatic heterocycles. The molecule has 2 aliphatic rings. The molecule has 2 aliphatic heterocycles. The minimum absolute atomic E-state index is 0.0671. The molecule has 0 radical (unpaired) electrons. The maximum Gasteiger partial charge on any atom is 0.184 e. The number of hydrogen-bond donors (Lipinski definition) is 0. The summed E-state index contributed by atoms with van der Waals surface area (Å²) >= 11 is 0. The molecule has 0 aliphatic carbocycles. The number of carbonyl (C=O) groups excluding carboxylic acids is 1. The van der Waals surface area contributed by atoms with E-state index >= 15 is 0 Å². The van der Waals surface area contributed by atoms with E-state index in [1.807, 2.05) is 66.7 Å². The van der Waals surface area contributed by atoms with Gasteiger partial charge >= 0.3 is 0 Å². The van der Waals surface area contributed by atoms with Gasteiger partial charge in [0.2, 0.25) is 0 Å². The van der Waals surface area contributed by atoms with Gasteiger partial charge in [-0.1, -0.05) is 54.6 Å². The van der Waals surface area contributed by atoms with Gasteiger partial charge in [-0.15, -0.1) is 0 Å². The van der Waals surface area contributed by atoms with Crippen LogP contribution in [0.3, 0.4) is 0 Å². The zero-order valence-corrected chi connectivity index (χ0v) is 15.1. The van der Waals surface area contributed by atoms with Gasteiger partial charge in [0.25, 0.3) is 0 Å². The van der Waals surface area contributed by atoms with Gasteiger partial charge in [-0.05, 0) is 12.1 Å². The van der Waals surface area contributed by atoms with Crippen molar-refractivity contribution in [2.75, 3.05) is 13.7 Å². The standard InChI is InChI=1S/C22H22O5/c1-24-17-9-7-16(8-10-17)22-25-14-21-20(27-22)12-11-18(26-21)13-19(23)15-5-3-2-4-6-15/h2-12,18,20-22H,13-14H2,1H3. The third-order valence-corrected chi connectivity index (χ3v) is 4.79. The van der Waals surface area contributed by atoms with Crippen LogP contribution in [-0.4, -0.2) is 37.8 Å². The summed E-state index contributed by atoms with van der Waals surface area (Å²) in [6.07, 6.45) is 3.11. The Morgan fingerprint density at radius 1 is 1.04 bits per heavy atom. The summed E-state index contributed by atoms with van der Waals surface area (Å²) in [6, 6.07) is 16.9. The van der Waals surface area contributed by atoms with Crippen LogP contribution in [0.5, 0.6) is 5.75 Å². The number of Topliss-reactive ketones (excluding diaryl/α,β-unsaturated/α-hetero) is 1. The highest BCUT2D eigenvalue weighted by Crippen LogP contribution is 2.32. The van der Waals surface area contributed by atoms with Crippen LogP contribution >= 0.6 is 0 Å². The Kier molecular flexibility index (Phi) is 5.34. The maximum absolute atomic E-state index is 12.4. The quantitative estimate of drug-likeness (QED) is 0.596. The molecule has 4 atom stereocenters. The summed E-state index contributed by atoms with van der Waals surface area (Å²) in [7, 11) is 1.64. The first-order chi connectivity index (χ1) is 13.2. The number of rotatable bonds is 5. The van der Waals surface area contributed by atoms with E-state index < -0.39 is 6.29 Å². The van der Waals surface area contributed by atoms with E-state index in [1.54, 1.807) is 7.11 Å². The number of methoxy groups -OCH3 is 1. The van der Waals surface area contributed by atoms with Crippen molar-refractivity contribution in [1.82, 2.24) is 0 Å². The Morgan fingerprint density at radius 3 is 2.56 bits per heavy atom. The second-order valence-electron chi connectivity index (χ2n) is 6.63. The SMILES string of the molecule is COc1ccc(C2OCC3OC(CC(=O)c4ccccc4)C=CC3O2)cc1. The second-order valence-corrected chi connectivity index (χ2v) is 6.63. The van der Waals surface area contributed by atoms with Gasteiger partial charge in [0.15, 0.2) is 12.1 Å². The van der Waals surface area contributed by atoms with Gasteiger partial charge < -0.3 is 18.9 Å². The molecule has 0 amide bonds. The molecule has 4 unspecified atom stereocenters. The monoisotopic (exact) mass is 366 g/mol. The van der Waals surface area contributed by atoms with Crippen LogP contribution in [0.2, 0.25) is 0 Å². The normalized spacial score (nSPS) is 27.0. The fourth-order valence-electron chi connectivity index (χ4n) is 3.31. The predicted molar refractivity (Wildman–Crippen MR) is 99.8 cm³/mol. The molecule has 140 valence electrons. The number of ether oxygens (including phenoxy) is 4. The van der Waals surface area contributed by atoms with Gasteiger partial charge in [0.1, 0.15) is 18.0 Å². The van der Waals surface area contributed by atoms with Crippen LogP contribution in [-0.2, 0) is 14.2 Å². The van der Waals surface area contributed by atoms with Crippen LogP contribution in [0, 0.1) is 0 Å². The lowest BCUT2D eigenvalue weighted by atomic mass is 10.0. The van der Waals surface area contributed by atoms with Gasteiger partial charge in [-0.25, -0.2) is 0 Å². The maximum atomic E-state index is 12.4. The lowest BCUT2D eigenvalue weighted by Crippen LogP contribution is -2.45. The minimum atomic E-state index is -0.437. The average Bonchev–Trinajstić information content (AvgIpc) is 2.74. The van der Waals surface area contributed by atoms with Crippen LogP contribution in [0.4, 0.5) is 0 Å². The summed E-state index contributed by atoms with van der Waals surface area (Å²) in [5, 5.41) is 0. The van der Waals surface area contributed by atoms with Gasteiger partial charge in [-0.2, -0.15) is 0 Å². The van der Waals surface area contributed by atoms with E-state index in [0.717, 1.165) is 11.3 Å². The lowest BCUT2D eigenvalue weighted by Gasteiger charge is -2.39. The first-order valence-corrected chi connectivity index (χ1v) is 9.06. The molecule has 27 heavy (non-hydrogen) atoms. The Labute approximate surface area is 158 Å². The Balaban J connectivity index is 1.37. The summed E-state index contributed by atoms with van der Waals surface area (Å²) in [4.78, 5) is 12.4. The van der Waals surface area contributed by atoms with E-state index in [9.17, 15) is 4.79 Å². The lowest BCUT2D eigenvalue weighted by molar-refractivity contribution is -0.261. The van der Waals surface area contributed by atoms with Crippen molar-refractivity contribution in [1.29, 1.82) is 0 Å². The Bertz CT molecular complexity index is 799. The van der Waals surface area contributed by atoms with Crippen LogP contribution in [0.25, 0.3) is 0 Å². The van der Waals surface area contributed by atoms with Crippen molar-refractivity contribution >= 4 is 5.78 Å². The number of carbonyl (C=O) groups is 1. The fourth-order valence-corrected chi connectivity index (χ4v) is 3.31. The zero-order chi connectivity index (χ0) is 18.6. The largest absolute Gasteiger partial charge is 0.497 e. The van der Waals surface area contributed by atoms with E-state index in [2.05, 4.69) is 0 Å². The number of benzene rings is 2. The smallest absolute Gasteiger partial charge is 0.184 e. The average molecular weight is 366 g/mol. The summed E-state index contributed by atoms with van der Waals surface area (Å²) < 4.78 is 23.1. The van der Waals surface area contributed by atoms with E-state index in [-0.39, 0.29) is 24.1 Å². The predicted octanol–water partition coefficient (Wildman–Crippen LogP) is 3.71. The molecule has 0 spiro atoms. The Hall–Kier alpha value is -2.47. The molecule has 0 bridgehead atoms. The molecule has 1 fully saturated rings. The fraction of sp³-hybridized carbons (Fsp3) is 0.318. The molecule has 1 saturated heterocycles. The molecule has 2 aromatic rings. The van der Waals surface area contributed by atoms with Crippen molar-refractivity contribution in [2.45, 2.75) is 31.0 Å². The highest BCUT2D eigenvalue weighted by atomic mass is 16.7. The molecule has 5 nitrogen and oxygen atoms in total. The van der Waals surface area contributed by atoms with Crippen molar-refractivity contribution in [3.8, 4) is 5.75 Å². The highest BCUT2D eigenvalue weighted by Gasteiger charge is 2.36. The molecular formula is C22H22O5. The summed E-state index contributed by atoms with van der Waals surface area (Å²) in [5.74, 6) is 0.858. The Morgan fingerprint density at radius 2 is 1.81 bits per heavy atom. The third-order valence-electron chi connectivity index (χ3n) is 4.79. The van der Waals surface area contributed by atoms with Crippen LogP contribution in [0.1, 0.15) is 28.6 Å². The van der Waals surface area contributed by atoms with Gasteiger partial charge in [0, 0.05) is 17.5 Å².